The Morgan fingerprint density at radius 2 is 2.25 bits per heavy atom. The van der Waals surface area contributed by atoms with E-state index in [4.69, 9.17) is 5.73 Å². The average Bonchev–Trinajstić information content (AvgIpc) is 2.25. The summed E-state index contributed by atoms with van der Waals surface area (Å²) in [5.41, 5.74) is 8.39. The molecule has 0 saturated heterocycles. The molecule has 0 spiro atoms. The predicted molar refractivity (Wildman–Crippen MR) is 67.7 cm³/mol. The fourth-order valence-electron chi connectivity index (χ4n) is 1.98. The number of rotatable bonds is 2. The van der Waals surface area contributed by atoms with Crippen molar-refractivity contribution < 1.29 is 4.39 Å². The van der Waals surface area contributed by atoms with E-state index >= 15 is 0 Å². The molecular weight excluding hydrogens is 269 g/mol. The third kappa shape index (κ3) is 2.92. The molecule has 0 bridgehead atoms. The molecule has 16 heavy (non-hydrogen) atoms. The van der Waals surface area contributed by atoms with Crippen molar-refractivity contribution in [3.8, 4) is 0 Å². The highest BCUT2D eigenvalue weighted by Gasteiger charge is 2.11. The van der Waals surface area contributed by atoms with Crippen LogP contribution in [0.2, 0.25) is 0 Å². The van der Waals surface area contributed by atoms with Crippen molar-refractivity contribution >= 4 is 15.9 Å². The molecule has 0 saturated carbocycles. The Kier molecular flexibility index (Phi) is 3.77. The predicted octanol–water partition coefficient (Wildman–Crippen LogP) is 3.57. The highest BCUT2D eigenvalue weighted by Crippen LogP contribution is 2.25. The first-order valence-corrected chi connectivity index (χ1v) is 6.32. The molecule has 2 rings (SSSR count). The van der Waals surface area contributed by atoms with E-state index in [1.807, 2.05) is 6.07 Å². The van der Waals surface area contributed by atoms with Crippen LogP contribution < -0.4 is 5.73 Å². The molecule has 1 nitrogen and oxygen atoms in total. The molecule has 0 amide bonds. The van der Waals surface area contributed by atoms with Gasteiger partial charge in [-0.05, 0) is 43.4 Å². The van der Waals surface area contributed by atoms with Gasteiger partial charge in [0.25, 0.3) is 0 Å². The molecule has 1 aromatic rings. The standard InChI is InChI=1S/C13H15BrFN/c14-13-8-11(15)4-3-10(13)7-9-1-5-12(16)6-2-9/h1,3-4,8,12H,2,5-7,16H2. The van der Waals surface area contributed by atoms with Gasteiger partial charge in [0, 0.05) is 10.5 Å². The molecule has 0 fully saturated rings. The van der Waals surface area contributed by atoms with Gasteiger partial charge in [-0.1, -0.05) is 33.6 Å². The summed E-state index contributed by atoms with van der Waals surface area (Å²) in [5, 5.41) is 0. The van der Waals surface area contributed by atoms with Crippen molar-refractivity contribution in [2.24, 2.45) is 5.73 Å². The first-order valence-electron chi connectivity index (χ1n) is 5.52. The summed E-state index contributed by atoms with van der Waals surface area (Å²) in [6.07, 6.45) is 6.21. The number of halogens is 2. The maximum absolute atomic E-state index is 12.9. The molecule has 86 valence electrons. The van der Waals surface area contributed by atoms with Gasteiger partial charge in [0.15, 0.2) is 0 Å². The lowest BCUT2D eigenvalue weighted by Crippen LogP contribution is -2.22. The molecule has 2 N–H and O–H groups in total. The molecule has 0 aliphatic heterocycles. The number of benzene rings is 1. The summed E-state index contributed by atoms with van der Waals surface area (Å²) in [6, 6.07) is 5.19. The van der Waals surface area contributed by atoms with Crippen LogP contribution in [0.1, 0.15) is 24.8 Å². The van der Waals surface area contributed by atoms with Crippen molar-refractivity contribution in [2.75, 3.05) is 0 Å². The van der Waals surface area contributed by atoms with Crippen molar-refractivity contribution in [3.63, 3.8) is 0 Å². The Bertz CT molecular complexity index is 414. The van der Waals surface area contributed by atoms with Gasteiger partial charge in [-0.25, -0.2) is 4.39 Å². The topological polar surface area (TPSA) is 26.0 Å². The van der Waals surface area contributed by atoms with E-state index in [1.54, 1.807) is 0 Å². The van der Waals surface area contributed by atoms with Gasteiger partial charge in [-0.2, -0.15) is 0 Å². The molecule has 3 heteroatoms. The van der Waals surface area contributed by atoms with Crippen LogP contribution in [0.4, 0.5) is 4.39 Å². The summed E-state index contributed by atoms with van der Waals surface area (Å²) >= 11 is 3.39. The second kappa shape index (κ2) is 5.11. The summed E-state index contributed by atoms with van der Waals surface area (Å²) in [4.78, 5) is 0. The maximum atomic E-state index is 12.9. The van der Waals surface area contributed by atoms with Crippen LogP contribution in [0.5, 0.6) is 0 Å². The highest BCUT2D eigenvalue weighted by atomic mass is 79.9. The Hall–Kier alpha value is -0.670. The lowest BCUT2D eigenvalue weighted by atomic mass is 9.92. The zero-order chi connectivity index (χ0) is 11.5. The number of hydrogen-bond acceptors (Lipinski definition) is 1. The largest absolute Gasteiger partial charge is 0.327 e. The van der Waals surface area contributed by atoms with Crippen molar-refractivity contribution in [1.29, 1.82) is 0 Å². The van der Waals surface area contributed by atoms with Gasteiger partial charge < -0.3 is 5.73 Å². The maximum Gasteiger partial charge on any atom is 0.124 e. The van der Waals surface area contributed by atoms with Gasteiger partial charge in [0.1, 0.15) is 5.82 Å². The van der Waals surface area contributed by atoms with Crippen LogP contribution in [0, 0.1) is 5.82 Å². The number of allylic oxidation sites excluding steroid dienone is 1. The zero-order valence-electron chi connectivity index (χ0n) is 9.05. The van der Waals surface area contributed by atoms with Crippen molar-refractivity contribution in [1.82, 2.24) is 0 Å². The van der Waals surface area contributed by atoms with Crippen LogP contribution in [0.3, 0.4) is 0 Å². The van der Waals surface area contributed by atoms with Gasteiger partial charge in [0.05, 0.1) is 0 Å². The second-order valence-corrected chi connectivity index (χ2v) is 5.16. The quantitative estimate of drug-likeness (QED) is 0.825. The number of nitrogens with two attached hydrogens (primary N) is 1. The first-order chi connectivity index (χ1) is 7.65. The molecule has 1 aromatic carbocycles. The van der Waals surface area contributed by atoms with E-state index in [0.717, 1.165) is 35.7 Å². The van der Waals surface area contributed by atoms with E-state index in [-0.39, 0.29) is 5.82 Å². The fraction of sp³-hybridized carbons (Fsp3) is 0.385. The van der Waals surface area contributed by atoms with E-state index in [2.05, 4.69) is 22.0 Å². The van der Waals surface area contributed by atoms with E-state index in [0.29, 0.717) is 6.04 Å². The van der Waals surface area contributed by atoms with Crippen LogP contribution in [0.15, 0.2) is 34.3 Å². The Morgan fingerprint density at radius 1 is 1.44 bits per heavy atom. The monoisotopic (exact) mass is 283 g/mol. The van der Waals surface area contributed by atoms with Crippen molar-refractivity contribution in [3.05, 3.63) is 45.7 Å². The van der Waals surface area contributed by atoms with Crippen LogP contribution >= 0.6 is 15.9 Å². The molecule has 0 aromatic heterocycles. The van der Waals surface area contributed by atoms with Gasteiger partial charge in [-0.3, -0.25) is 0 Å². The van der Waals surface area contributed by atoms with Crippen molar-refractivity contribution in [2.45, 2.75) is 31.7 Å². The average molecular weight is 284 g/mol. The lowest BCUT2D eigenvalue weighted by molar-refractivity contribution is 0.583. The van der Waals surface area contributed by atoms with E-state index in [9.17, 15) is 4.39 Å². The zero-order valence-corrected chi connectivity index (χ0v) is 10.6. The third-order valence-electron chi connectivity index (χ3n) is 2.98. The molecule has 1 unspecified atom stereocenters. The molecule has 1 aliphatic carbocycles. The smallest absolute Gasteiger partial charge is 0.124 e. The van der Waals surface area contributed by atoms with Crippen LogP contribution in [-0.2, 0) is 6.42 Å². The Balaban J connectivity index is 2.09. The Labute approximate surface area is 104 Å². The number of hydrogen-bond donors (Lipinski definition) is 1. The van der Waals surface area contributed by atoms with Crippen LogP contribution in [0.25, 0.3) is 0 Å². The van der Waals surface area contributed by atoms with Gasteiger partial charge in [0.2, 0.25) is 0 Å². The third-order valence-corrected chi connectivity index (χ3v) is 3.72. The first kappa shape index (κ1) is 11.8. The van der Waals surface area contributed by atoms with Gasteiger partial charge >= 0.3 is 0 Å². The summed E-state index contributed by atoms with van der Waals surface area (Å²) in [6.45, 7) is 0. The van der Waals surface area contributed by atoms with Gasteiger partial charge in [-0.15, -0.1) is 0 Å². The molecule has 1 atom stereocenters. The highest BCUT2D eigenvalue weighted by molar-refractivity contribution is 9.10. The second-order valence-electron chi connectivity index (χ2n) is 4.31. The lowest BCUT2D eigenvalue weighted by Gasteiger charge is -2.18. The summed E-state index contributed by atoms with van der Waals surface area (Å²) in [7, 11) is 0. The summed E-state index contributed by atoms with van der Waals surface area (Å²) < 4.78 is 13.8. The fourth-order valence-corrected chi connectivity index (χ4v) is 2.47. The van der Waals surface area contributed by atoms with E-state index < -0.39 is 0 Å². The molecule has 0 heterocycles. The Morgan fingerprint density at radius 3 is 2.88 bits per heavy atom. The van der Waals surface area contributed by atoms with E-state index in [1.165, 1.54) is 17.7 Å². The SMILES string of the molecule is NC1CC=C(Cc2ccc(F)cc2Br)CC1. The minimum Gasteiger partial charge on any atom is -0.327 e. The van der Waals surface area contributed by atoms with Crippen LogP contribution in [-0.4, -0.2) is 6.04 Å². The summed E-state index contributed by atoms with van der Waals surface area (Å²) in [5.74, 6) is -0.199. The minimum absolute atomic E-state index is 0.199. The normalized spacial score (nSPS) is 20.7. The minimum atomic E-state index is -0.199. The molecule has 1 aliphatic rings. The molecular formula is C13H15BrFN. The molecule has 0 radical (unpaired) electrons.